The van der Waals surface area contributed by atoms with Crippen LogP contribution in [0.2, 0.25) is 0 Å². The van der Waals surface area contributed by atoms with Gasteiger partial charge in [0.25, 0.3) is 5.91 Å². The number of nitrogens with two attached hydrogens (primary N) is 1. The molecule has 0 spiro atoms. The molecule has 8 nitrogen and oxygen atoms in total. The maximum atomic E-state index is 12.0. The fourth-order valence-electron chi connectivity index (χ4n) is 1.94. The molecule has 0 aliphatic heterocycles. The molecular weight excluding hydrogens is 433 g/mol. The summed E-state index contributed by atoms with van der Waals surface area (Å²) in [5, 5.41) is 3.11. The van der Waals surface area contributed by atoms with E-state index in [1.807, 2.05) is 24.3 Å². The first-order valence-corrected chi connectivity index (χ1v) is 8.32. The van der Waals surface area contributed by atoms with Crippen LogP contribution in [0.5, 0.6) is 0 Å². The monoisotopic (exact) mass is 447 g/mol. The fraction of sp³-hybridized carbons (Fsp3) is 0. The SMILES string of the molecule is Nc1c(NNC(=O)c2ccccn2)ncnc1Nc1ccc(I)cc1. The van der Waals surface area contributed by atoms with Crippen LogP contribution < -0.4 is 21.9 Å². The topological polar surface area (TPSA) is 118 Å². The molecule has 9 heteroatoms. The molecule has 1 amide bonds. The third-order valence-electron chi connectivity index (χ3n) is 3.18. The van der Waals surface area contributed by atoms with E-state index < -0.39 is 5.91 Å². The molecule has 5 N–H and O–H groups in total. The number of benzene rings is 1. The molecule has 0 aliphatic carbocycles. The molecule has 0 saturated carbocycles. The lowest BCUT2D eigenvalue weighted by Crippen LogP contribution is -2.31. The van der Waals surface area contributed by atoms with Gasteiger partial charge in [-0.3, -0.25) is 20.6 Å². The maximum Gasteiger partial charge on any atom is 0.288 e. The minimum atomic E-state index is -0.397. The average Bonchev–Trinajstić information content (AvgIpc) is 2.64. The van der Waals surface area contributed by atoms with Gasteiger partial charge in [0.2, 0.25) is 0 Å². The van der Waals surface area contributed by atoms with E-state index in [0.717, 1.165) is 9.26 Å². The number of halogens is 1. The van der Waals surface area contributed by atoms with Crippen LogP contribution in [0.1, 0.15) is 10.5 Å². The zero-order chi connectivity index (χ0) is 17.6. The highest BCUT2D eigenvalue weighted by Crippen LogP contribution is 2.25. The molecule has 126 valence electrons. The number of nitrogens with zero attached hydrogens (tertiary/aromatic N) is 3. The second-order valence-corrected chi connectivity index (χ2v) is 6.16. The van der Waals surface area contributed by atoms with E-state index in [4.69, 9.17) is 5.73 Å². The van der Waals surface area contributed by atoms with E-state index in [0.29, 0.717) is 5.82 Å². The molecule has 3 aromatic rings. The number of hydrazine groups is 1. The Bertz CT molecular complexity index is 871. The largest absolute Gasteiger partial charge is 0.393 e. The van der Waals surface area contributed by atoms with Crippen LogP contribution in [0, 0.1) is 3.57 Å². The third-order valence-corrected chi connectivity index (χ3v) is 3.90. The quantitative estimate of drug-likeness (QED) is 0.351. The molecule has 0 fully saturated rings. The van der Waals surface area contributed by atoms with Crippen molar-refractivity contribution in [3.8, 4) is 0 Å². The molecular formula is C16H14IN7O. The zero-order valence-corrected chi connectivity index (χ0v) is 15.1. The van der Waals surface area contributed by atoms with Gasteiger partial charge in [0.05, 0.1) is 0 Å². The van der Waals surface area contributed by atoms with Crippen LogP contribution in [-0.4, -0.2) is 20.9 Å². The Kier molecular flexibility index (Phi) is 5.23. The lowest BCUT2D eigenvalue weighted by atomic mass is 10.3. The Labute approximate surface area is 157 Å². The van der Waals surface area contributed by atoms with Gasteiger partial charge in [-0.05, 0) is 59.0 Å². The number of carbonyl (C=O) groups excluding carboxylic acids is 1. The lowest BCUT2D eigenvalue weighted by Gasteiger charge is -2.13. The highest BCUT2D eigenvalue weighted by molar-refractivity contribution is 14.1. The number of carbonyl (C=O) groups is 1. The Morgan fingerprint density at radius 2 is 1.76 bits per heavy atom. The van der Waals surface area contributed by atoms with E-state index in [-0.39, 0.29) is 17.2 Å². The van der Waals surface area contributed by atoms with Crippen molar-refractivity contribution in [1.29, 1.82) is 0 Å². The summed E-state index contributed by atoms with van der Waals surface area (Å²) >= 11 is 2.23. The van der Waals surface area contributed by atoms with Crippen molar-refractivity contribution in [2.45, 2.75) is 0 Å². The number of nitrogens with one attached hydrogen (secondary N) is 3. The van der Waals surface area contributed by atoms with Gasteiger partial charge in [-0.1, -0.05) is 6.07 Å². The molecule has 3 rings (SSSR count). The summed E-state index contributed by atoms with van der Waals surface area (Å²) in [4.78, 5) is 24.1. The van der Waals surface area contributed by atoms with Gasteiger partial charge in [0.15, 0.2) is 11.6 Å². The van der Waals surface area contributed by atoms with E-state index in [1.54, 1.807) is 18.2 Å². The highest BCUT2D eigenvalue weighted by Gasteiger charge is 2.11. The van der Waals surface area contributed by atoms with Crippen molar-refractivity contribution in [2.75, 3.05) is 16.5 Å². The predicted molar refractivity (Wildman–Crippen MR) is 104 cm³/mol. The fourth-order valence-corrected chi connectivity index (χ4v) is 2.30. The van der Waals surface area contributed by atoms with Crippen LogP contribution in [0.25, 0.3) is 0 Å². The van der Waals surface area contributed by atoms with E-state index in [9.17, 15) is 4.79 Å². The first kappa shape index (κ1) is 16.9. The molecule has 25 heavy (non-hydrogen) atoms. The van der Waals surface area contributed by atoms with Crippen LogP contribution >= 0.6 is 22.6 Å². The standard InChI is InChI=1S/C16H14IN7O/c17-10-4-6-11(7-5-10)22-14-13(18)15(21-9-20-14)23-24-16(25)12-3-1-2-8-19-12/h1-9H,18H2,(H,24,25)(H2,20,21,22,23). The Hall–Kier alpha value is -2.95. The van der Waals surface area contributed by atoms with Gasteiger partial charge < -0.3 is 11.1 Å². The summed E-state index contributed by atoms with van der Waals surface area (Å²) in [5.41, 5.74) is 12.7. The number of amides is 1. The molecule has 0 saturated heterocycles. The molecule has 0 unspecified atom stereocenters. The Morgan fingerprint density at radius 3 is 2.48 bits per heavy atom. The van der Waals surface area contributed by atoms with Crippen molar-refractivity contribution in [2.24, 2.45) is 0 Å². The first-order valence-electron chi connectivity index (χ1n) is 7.24. The number of hydrogen-bond donors (Lipinski definition) is 4. The summed E-state index contributed by atoms with van der Waals surface area (Å²) in [5.74, 6) is 0.323. The summed E-state index contributed by atoms with van der Waals surface area (Å²) in [7, 11) is 0. The molecule has 0 atom stereocenters. The van der Waals surface area contributed by atoms with Gasteiger partial charge in [0, 0.05) is 15.5 Å². The second-order valence-electron chi connectivity index (χ2n) is 4.91. The van der Waals surface area contributed by atoms with Gasteiger partial charge in [-0.2, -0.15) is 0 Å². The molecule has 2 heterocycles. The average molecular weight is 447 g/mol. The normalized spacial score (nSPS) is 10.1. The second kappa shape index (κ2) is 7.75. The summed E-state index contributed by atoms with van der Waals surface area (Å²) in [6, 6.07) is 12.8. The highest BCUT2D eigenvalue weighted by atomic mass is 127. The van der Waals surface area contributed by atoms with Crippen molar-refractivity contribution < 1.29 is 4.79 Å². The molecule has 2 aromatic heterocycles. The van der Waals surface area contributed by atoms with E-state index in [1.165, 1.54) is 12.5 Å². The van der Waals surface area contributed by atoms with Crippen LogP contribution in [-0.2, 0) is 0 Å². The minimum Gasteiger partial charge on any atom is -0.393 e. The Balaban J connectivity index is 1.70. The predicted octanol–water partition coefficient (Wildman–Crippen LogP) is 2.56. The molecule has 0 aliphatic rings. The number of anilines is 4. The van der Waals surface area contributed by atoms with Gasteiger partial charge >= 0.3 is 0 Å². The minimum absolute atomic E-state index is 0.278. The van der Waals surface area contributed by atoms with Crippen molar-refractivity contribution in [1.82, 2.24) is 20.4 Å². The van der Waals surface area contributed by atoms with Gasteiger partial charge in [0.1, 0.15) is 17.7 Å². The van der Waals surface area contributed by atoms with Crippen LogP contribution in [0.15, 0.2) is 55.0 Å². The maximum absolute atomic E-state index is 12.0. The summed E-state index contributed by atoms with van der Waals surface area (Å²) < 4.78 is 1.12. The first-order chi connectivity index (χ1) is 12.1. The van der Waals surface area contributed by atoms with Gasteiger partial charge in [-0.15, -0.1) is 0 Å². The third kappa shape index (κ3) is 4.32. The number of rotatable bonds is 5. The van der Waals surface area contributed by atoms with Crippen LogP contribution in [0.4, 0.5) is 23.0 Å². The van der Waals surface area contributed by atoms with Crippen molar-refractivity contribution in [3.63, 3.8) is 0 Å². The molecule has 0 bridgehead atoms. The summed E-state index contributed by atoms with van der Waals surface area (Å²) in [6.45, 7) is 0. The number of pyridine rings is 1. The number of hydrogen-bond acceptors (Lipinski definition) is 7. The number of aromatic nitrogens is 3. The molecule has 1 aromatic carbocycles. The van der Waals surface area contributed by atoms with Crippen LogP contribution in [0.3, 0.4) is 0 Å². The summed E-state index contributed by atoms with van der Waals surface area (Å²) in [6.07, 6.45) is 2.89. The van der Waals surface area contributed by atoms with E-state index in [2.05, 4.69) is 53.7 Å². The van der Waals surface area contributed by atoms with Crippen molar-refractivity contribution >= 4 is 51.5 Å². The smallest absolute Gasteiger partial charge is 0.288 e. The molecule has 0 radical (unpaired) electrons. The van der Waals surface area contributed by atoms with Crippen molar-refractivity contribution in [3.05, 3.63) is 64.3 Å². The Morgan fingerprint density at radius 1 is 1.00 bits per heavy atom. The van der Waals surface area contributed by atoms with Gasteiger partial charge in [-0.25, -0.2) is 9.97 Å². The van der Waals surface area contributed by atoms with E-state index >= 15 is 0 Å². The lowest BCUT2D eigenvalue weighted by molar-refractivity contribution is 0.0957. The number of nitrogen functional groups attached to an aromatic ring is 1. The zero-order valence-electron chi connectivity index (χ0n) is 12.9.